The monoisotopic (exact) mass is 275 g/mol. The molecule has 0 saturated heterocycles. The van der Waals surface area contributed by atoms with Gasteiger partial charge < -0.3 is 10.8 Å². The highest BCUT2D eigenvalue weighted by Gasteiger charge is 2.42. The Morgan fingerprint density at radius 3 is 2.35 bits per heavy atom. The van der Waals surface area contributed by atoms with E-state index in [0.717, 1.165) is 19.3 Å². The Morgan fingerprint density at radius 1 is 1.20 bits per heavy atom. The molecule has 1 aliphatic rings. The Morgan fingerprint density at radius 2 is 1.85 bits per heavy atom. The fraction of sp³-hybridized carbons (Fsp3) is 0.667. The Bertz CT molecular complexity index is 449. The van der Waals surface area contributed by atoms with Crippen LogP contribution in [0.2, 0.25) is 0 Å². The number of aryl methyl sites for hydroxylation is 2. The molecule has 1 fully saturated rings. The van der Waals surface area contributed by atoms with Crippen molar-refractivity contribution < 1.29 is 5.11 Å². The van der Waals surface area contributed by atoms with Crippen LogP contribution < -0.4 is 5.73 Å². The van der Waals surface area contributed by atoms with Crippen LogP contribution >= 0.6 is 0 Å². The summed E-state index contributed by atoms with van der Waals surface area (Å²) in [6.45, 7) is 6.98. The normalized spacial score (nSPS) is 20.9. The summed E-state index contributed by atoms with van der Waals surface area (Å²) in [6, 6.07) is 6.49. The lowest BCUT2D eigenvalue weighted by Gasteiger charge is -2.38. The average molecular weight is 275 g/mol. The molecule has 3 N–H and O–H groups in total. The standard InChI is InChI=1S/C18H29NO/c1-4-18(9-5-6-10-18)17(20)16(12-19)15-8-7-13(2)14(3)11-15/h7-8,11,16-17,20H,4-6,9-10,12,19H2,1-3H3. The van der Waals surface area contributed by atoms with Gasteiger partial charge in [-0.05, 0) is 55.2 Å². The molecule has 2 heteroatoms. The van der Waals surface area contributed by atoms with Gasteiger partial charge in [0.2, 0.25) is 0 Å². The topological polar surface area (TPSA) is 46.2 Å². The van der Waals surface area contributed by atoms with Crippen molar-refractivity contribution in [3.8, 4) is 0 Å². The van der Waals surface area contributed by atoms with Crippen LogP contribution in [0.15, 0.2) is 18.2 Å². The van der Waals surface area contributed by atoms with E-state index in [0.29, 0.717) is 6.54 Å². The van der Waals surface area contributed by atoms with Crippen molar-refractivity contribution >= 4 is 0 Å². The number of hydrogen-bond donors (Lipinski definition) is 2. The lowest BCUT2D eigenvalue weighted by Crippen LogP contribution is -2.40. The molecule has 0 spiro atoms. The van der Waals surface area contributed by atoms with Gasteiger partial charge in [-0.3, -0.25) is 0 Å². The Labute approximate surface area is 123 Å². The summed E-state index contributed by atoms with van der Waals surface area (Å²) in [7, 11) is 0. The second kappa shape index (κ2) is 6.28. The Hall–Kier alpha value is -0.860. The van der Waals surface area contributed by atoms with Gasteiger partial charge in [0.25, 0.3) is 0 Å². The van der Waals surface area contributed by atoms with Gasteiger partial charge in [0, 0.05) is 12.5 Å². The number of rotatable bonds is 5. The quantitative estimate of drug-likeness (QED) is 0.861. The van der Waals surface area contributed by atoms with Gasteiger partial charge >= 0.3 is 0 Å². The van der Waals surface area contributed by atoms with Crippen molar-refractivity contribution in [1.82, 2.24) is 0 Å². The Kier molecular flexibility index (Phi) is 4.87. The van der Waals surface area contributed by atoms with Gasteiger partial charge in [-0.2, -0.15) is 0 Å². The van der Waals surface area contributed by atoms with Crippen LogP contribution in [0, 0.1) is 19.3 Å². The van der Waals surface area contributed by atoms with E-state index in [4.69, 9.17) is 5.73 Å². The molecule has 0 aliphatic heterocycles. The summed E-state index contributed by atoms with van der Waals surface area (Å²) in [5.41, 5.74) is 9.88. The molecule has 2 nitrogen and oxygen atoms in total. The van der Waals surface area contributed by atoms with E-state index >= 15 is 0 Å². The van der Waals surface area contributed by atoms with Crippen LogP contribution in [0.1, 0.15) is 61.6 Å². The Balaban J connectivity index is 2.28. The van der Waals surface area contributed by atoms with Crippen molar-refractivity contribution in [2.45, 2.75) is 64.9 Å². The molecule has 1 aliphatic carbocycles. The van der Waals surface area contributed by atoms with E-state index in [1.54, 1.807) is 0 Å². The van der Waals surface area contributed by atoms with E-state index in [1.165, 1.54) is 29.5 Å². The summed E-state index contributed by atoms with van der Waals surface area (Å²) < 4.78 is 0. The minimum absolute atomic E-state index is 0.0624. The maximum atomic E-state index is 11.0. The predicted molar refractivity (Wildman–Crippen MR) is 84.9 cm³/mol. The summed E-state index contributed by atoms with van der Waals surface area (Å²) in [4.78, 5) is 0. The zero-order valence-electron chi connectivity index (χ0n) is 13.2. The van der Waals surface area contributed by atoms with Crippen LogP contribution in [0.3, 0.4) is 0 Å². The molecular weight excluding hydrogens is 246 g/mol. The summed E-state index contributed by atoms with van der Waals surface area (Å²) in [5.74, 6) is 0.0624. The van der Waals surface area contributed by atoms with E-state index < -0.39 is 0 Å². The van der Waals surface area contributed by atoms with Gasteiger partial charge in [0.15, 0.2) is 0 Å². The van der Waals surface area contributed by atoms with Crippen LogP contribution in [0.25, 0.3) is 0 Å². The van der Waals surface area contributed by atoms with Crippen molar-refractivity contribution in [2.75, 3.05) is 6.54 Å². The molecule has 0 bridgehead atoms. The fourth-order valence-electron chi connectivity index (χ4n) is 3.81. The number of aliphatic hydroxyl groups excluding tert-OH is 1. The van der Waals surface area contributed by atoms with Crippen LogP contribution in [-0.4, -0.2) is 17.8 Å². The highest BCUT2D eigenvalue weighted by molar-refractivity contribution is 5.33. The second-order valence-corrected chi connectivity index (χ2v) is 6.55. The molecule has 112 valence electrons. The van der Waals surface area contributed by atoms with Gasteiger partial charge in [0.1, 0.15) is 0 Å². The van der Waals surface area contributed by atoms with E-state index in [-0.39, 0.29) is 17.4 Å². The van der Waals surface area contributed by atoms with Gasteiger partial charge in [-0.25, -0.2) is 0 Å². The van der Waals surface area contributed by atoms with Crippen molar-refractivity contribution in [1.29, 1.82) is 0 Å². The number of hydrogen-bond acceptors (Lipinski definition) is 2. The molecule has 0 heterocycles. The minimum Gasteiger partial charge on any atom is -0.392 e. The first kappa shape index (κ1) is 15.5. The lowest BCUT2D eigenvalue weighted by atomic mass is 9.71. The molecule has 2 atom stereocenters. The second-order valence-electron chi connectivity index (χ2n) is 6.55. The third-order valence-corrected chi connectivity index (χ3v) is 5.53. The number of nitrogens with two attached hydrogens (primary N) is 1. The van der Waals surface area contributed by atoms with Crippen molar-refractivity contribution in [2.24, 2.45) is 11.1 Å². The van der Waals surface area contributed by atoms with Gasteiger partial charge in [-0.1, -0.05) is 38.0 Å². The van der Waals surface area contributed by atoms with E-state index in [2.05, 4.69) is 39.0 Å². The molecule has 20 heavy (non-hydrogen) atoms. The van der Waals surface area contributed by atoms with Crippen LogP contribution in [0.4, 0.5) is 0 Å². The van der Waals surface area contributed by atoms with Crippen molar-refractivity contribution in [3.05, 3.63) is 34.9 Å². The van der Waals surface area contributed by atoms with Gasteiger partial charge in [-0.15, -0.1) is 0 Å². The molecule has 0 aromatic heterocycles. The molecule has 0 radical (unpaired) electrons. The molecule has 2 rings (SSSR count). The molecule has 0 amide bonds. The highest BCUT2D eigenvalue weighted by atomic mass is 16.3. The molecule has 1 aromatic carbocycles. The van der Waals surface area contributed by atoms with E-state index in [9.17, 15) is 5.11 Å². The summed E-state index contributed by atoms with van der Waals surface area (Å²) in [5, 5.41) is 11.0. The SMILES string of the molecule is CCC1(C(O)C(CN)c2ccc(C)c(C)c2)CCCC1. The smallest absolute Gasteiger partial charge is 0.0676 e. The molecule has 1 aromatic rings. The van der Waals surface area contributed by atoms with Gasteiger partial charge in [0.05, 0.1) is 6.10 Å². The first-order valence-electron chi connectivity index (χ1n) is 7.99. The summed E-state index contributed by atoms with van der Waals surface area (Å²) >= 11 is 0. The average Bonchev–Trinajstić information content (AvgIpc) is 2.93. The third kappa shape index (κ3) is 2.77. The fourth-order valence-corrected chi connectivity index (χ4v) is 3.81. The zero-order chi connectivity index (χ0) is 14.8. The number of aliphatic hydroxyl groups is 1. The first-order valence-corrected chi connectivity index (χ1v) is 7.99. The first-order chi connectivity index (χ1) is 9.54. The maximum Gasteiger partial charge on any atom is 0.0676 e. The third-order valence-electron chi connectivity index (χ3n) is 5.53. The van der Waals surface area contributed by atoms with E-state index in [1.807, 2.05) is 0 Å². The van der Waals surface area contributed by atoms with Crippen LogP contribution in [0.5, 0.6) is 0 Å². The minimum atomic E-state index is -0.317. The maximum absolute atomic E-state index is 11.0. The molecule has 2 unspecified atom stereocenters. The van der Waals surface area contributed by atoms with Crippen LogP contribution in [-0.2, 0) is 0 Å². The van der Waals surface area contributed by atoms with Crippen molar-refractivity contribution in [3.63, 3.8) is 0 Å². The summed E-state index contributed by atoms with van der Waals surface area (Å²) in [6.07, 6.45) is 5.51. The largest absolute Gasteiger partial charge is 0.392 e. The lowest BCUT2D eigenvalue weighted by molar-refractivity contribution is 0.00600. The zero-order valence-corrected chi connectivity index (χ0v) is 13.2. The molecular formula is C18H29NO. The molecule has 1 saturated carbocycles. The highest BCUT2D eigenvalue weighted by Crippen LogP contribution is 2.47. The predicted octanol–water partition coefficient (Wildman–Crippen LogP) is 3.68. The number of benzene rings is 1.